The first-order valence-corrected chi connectivity index (χ1v) is 15.9. The van der Waals surface area contributed by atoms with Crippen LogP contribution >= 0.6 is 15.9 Å². The number of amides is 1. The van der Waals surface area contributed by atoms with Crippen LogP contribution in [0, 0.1) is 12.3 Å². The zero-order valence-electron chi connectivity index (χ0n) is 25.9. The number of rotatable bonds is 7. The number of carbonyl (C=O) groups is 2. The van der Waals surface area contributed by atoms with Gasteiger partial charge in [0.1, 0.15) is 17.2 Å². The van der Waals surface area contributed by atoms with Gasteiger partial charge >= 0.3 is 12.6 Å². The Kier molecular flexibility index (Phi) is 7.89. The van der Waals surface area contributed by atoms with Gasteiger partial charge in [0.25, 0.3) is 11.8 Å². The molecule has 2 fully saturated rings. The van der Waals surface area contributed by atoms with Crippen LogP contribution in [0.3, 0.4) is 0 Å². The molecule has 12 heteroatoms. The van der Waals surface area contributed by atoms with Crippen LogP contribution in [0.1, 0.15) is 67.9 Å². The van der Waals surface area contributed by atoms with Crippen LogP contribution in [-0.4, -0.2) is 53.6 Å². The monoisotopic (exact) mass is 703 g/mol. The number of benzene rings is 2. The third-order valence-electron chi connectivity index (χ3n) is 9.02. The maximum atomic E-state index is 14.5. The summed E-state index contributed by atoms with van der Waals surface area (Å²) in [6.45, 7) is 2.92. The summed E-state index contributed by atoms with van der Waals surface area (Å²) in [4.78, 5) is 34.2. The molecule has 7 rings (SSSR count). The summed E-state index contributed by atoms with van der Waals surface area (Å²) in [5.74, 6) is -3.52. The number of halogens is 5. The van der Waals surface area contributed by atoms with Gasteiger partial charge in [0, 0.05) is 21.0 Å². The largest absolute Gasteiger partial charge is 0.459 e. The summed E-state index contributed by atoms with van der Waals surface area (Å²) in [5, 5.41) is 3.75. The van der Waals surface area contributed by atoms with E-state index in [0.29, 0.717) is 63.6 Å². The number of para-hydroxylation sites is 1. The SMILES string of the molecule is Cc1c(N2CC(F)(F)C2)nc2ccc(Br)cc2c1C(=O)NC12CCC(C(=O)OC(C)(C)C)(C=C1c1ccccc1OC(F)F)CC2. The lowest BCUT2D eigenvalue weighted by molar-refractivity contribution is -0.167. The van der Waals surface area contributed by atoms with Gasteiger partial charge in [-0.2, -0.15) is 8.78 Å². The molecule has 1 N–H and O–H groups in total. The molecule has 2 aromatic carbocycles. The number of hydrogen-bond acceptors (Lipinski definition) is 6. The average molecular weight is 705 g/mol. The molecule has 2 bridgehead atoms. The highest BCUT2D eigenvalue weighted by Crippen LogP contribution is 2.56. The number of nitrogens with one attached hydrogen (secondary N) is 1. The molecule has 3 aliphatic carbocycles. The molecule has 0 atom stereocenters. The van der Waals surface area contributed by atoms with Gasteiger partial charge in [0.05, 0.1) is 35.1 Å². The van der Waals surface area contributed by atoms with Crippen LogP contribution in [0.15, 0.2) is 53.0 Å². The zero-order valence-corrected chi connectivity index (χ0v) is 27.4. The second-order valence-corrected chi connectivity index (χ2v) is 14.4. The van der Waals surface area contributed by atoms with E-state index in [-0.39, 0.29) is 11.3 Å². The van der Waals surface area contributed by atoms with Gasteiger partial charge in [-0.3, -0.25) is 9.59 Å². The van der Waals surface area contributed by atoms with Gasteiger partial charge in [-0.05, 0) is 83.2 Å². The minimum Gasteiger partial charge on any atom is -0.459 e. The van der Waals surface area contributed by atoms with Crippen LogP contribution in [0.25, 0.3) is 16.5 Å². The molecule has 4 aliphatic rings. The quantitative estimate of drug-likeness (QED) is 0.200. The van der Waals surface area contributed by atoms with Crippen molar-refractivity contribution in [1.82, 2.24) is 10.3 Å². The van der Waals surface area contributed by atoms with Crippen molar-refractivity contribution in [3.63, 3.8) is 0 Å². The van der Waals surface area contributed by atoms with E-state index in [9.17, 15) is 27.2 Å². The fraction of sp³-hybridized carbons (Fsp3) is 0.441. The van der Waals surface area contributed by atoms with Crippen LogP contribution in [0.4, 0.5) is 23.4 Å². The van der Waals surface area contributed by atoms with E-state index >= 15 is 0 Å². The molecular formula is C34H34BrF4N3O4. The van der Waals surface area contributed by atoms with Gasteiger partial charge in [-0.25, -0.2) is 13.8 Å². The number of alkyl halides is 4. The maximum absolute atomic E-state index is 14.5. The van der Waals surface area contributed by atoms with Gasteiger partial charge in [0.2, 0.25) is 0 Å². The van der Waals surface area contributed by atoms with Crippen molar-refractivity contribution in [2.24, 2.45) is 5.41 Å². The third kappa shape index (κ3) is 5.84. The number of pyridine rings is 1. The molecule has 1 saturated carbocycles. The van der Waals surface area contributed by atoms with E-state index in [2.05, 4.69) is 26.2 Å². The Bertz CT molecular complexity index is 1760. The molecule has 0 radical (unpaired) electrons. The topological polar surface area (TPSA) is 80.8 Å². The van der Waals surface area contributed by atoms with Crippen molar-refractivity contribution in [2.75, 3.05) is 18.0 Å². The number of esters is 1. The lowest BCUT2D eigenvalue weighted by Crippen LogP contribution is -2.58. The summed E-state index contributed by atoms with van der Waals surface area (Å²) < 4.78 is 66.3. The molecule has 1 aliphatic heterocycles. The van der Waals surface area contributed by atoms with Crippen LogP contribution in [0.5, 0.6) is 5.75 Å². The lowest BCUT2D eigenvalue weighted by atomic mass is 9.57. The molecule has 3 aromatic rings. The Labute approximate surface area is 272 Å². The van der Waals surface area contributed by atoms with Gasteiger partial charge in [-0.1, -0.05) is 40.2 Å². The Hall–Kier alpha value is -3.67. The van der Waals surface area contributed by atoms with Crippen molar-refractivity contribution in [1.29, 1.82) is 0 Å². The van der Waals surface area contributed by atoms with Gasteiger partial charge < -0.3 is 19.7 Å². The molecule has 46 heavy (non-hydrogen) atoms. The summed E-state index contributed by atoms with van der Waals surface area (Å²) >= 11 is 3.47. The minimum absolute atomic E-state index is 0.0836. The highest BCUT2D eigenvalue weighted by molar-refractivity contribution is 9.10. The van der Waals surface area contributed by atoms with E-state index in [4.69, 9.17) is 9.47 Å². The second kappa shape index (κ2) is 11.2. The lowest BCUT2D eigenvalue weighted by Gasteiger charge is -2.52. The number of aromatic nitrogens is 1. The number of nitrogens with zero attached hydrogens (tertiary/aromatic N) is 2. The van der Waals surface area contributed by atoms with Crippen molar-refractivity contribution in [2.45, 2.75) is 77.1 Å². The number of hydrogen-bond donors (Lipinski definition) is 1. The minimum atomic E-state index is -3.09. The number of carbonyl (C=O) groups excluding carboxylic acids is 2. The Balaban J connectivity index is 1.46. The van der Waals surface area contributed by atoms with Crippen molar-refractivity contribution in [3.8, 4) is 5.75 Å². The average Bonchev–Trinajstić information content (AvgIpc) is 2.95. The second-order valence-electron chi connectivity index (χ2n) is 13.4. The van der Waals surface area contributed by atoms with E-state index in [0.717, 1.165) is 0 Å². The first kappa shape index (κ1) is 32.3. The summed E-state index contributed by atoms with van der Waals surface area (Å²) in [7, 11) is 0. The molecule has 1 saturated heterocycles. The maximum Gasteiger partial charge on any atom is 0.387 e. The Morgan fingerprint density at radius 2 is 1.72 bits per heavy atom. The molecule has 1 amide bonds. The number of fused-ring (bicyclic) bond motifs is 3. The molecule has 7 nitrogen and oxygen atoms in total. The standard InChI is InChI=1S/C34H34BrF4N3O4/c1-19-26(22-15-20(35)9-10-24(22)40-27(19)42-17-34(38,39)18-42)28(43)41-33-13-11-32(12-14-33,29(44)46-31(2,3)4)16-23(33)21-7-5-6-8-25(21)45-30(36)37/h5-10,15-16,30H,11-14,17-18H2,1-4H3,(H,41,43). The molecular weight excluding hydrogens is 670 g/mol. The first-order chi connectivity index (χ1) is 21.5. The van der Waals surface area contributed by atoms with E-state index in [1.807, 2.05) is 0 Å². The van der Waals surface area contributed by atoms with Crippen molar-refractivity contribution in [3.05, 3.63) is 69.7 Å². The fourth-order valence-electron chi connectivity index (χ4n) is 6.87. The van der Waals surface area contributed by atoms with Gasteiger partial charge in [-0.15, -0.1) is 0 Å². The molecule has 0 spiro atoms. The zero-order chi connectivity index (χ0) is 33.2. The van der Waals surface area contributed by atoms with E-state index < -0.39 is 54.1 Å². The van der Waals surface area contributed by atoms with E-state index in [1.54, 1.807) is 70.2 Å². The molecule has 0 unspecified atom stereocenters. The predicted molar refractivity (Wildman–Crippen MR) is 169 cm³/mol. The summed E-state index contributed by atoms with van der Waals surface area (Å²) in [6.07, 6.45) is 3.12. The first-order valence-electron chi connectivity index (χ1n) is 15.1. The van der Waals surface area contributed by atoms with Gasteiger partial charge in [0.15, 0.2) is 0 Å². The predicted octanol–water partition coefficient (Wildman–Crippen LogP) is 7.83. The smallest absolute Gasteiger partial charge is 0.387 e. The van der Waals surface area contributed by atoms with Crippen LogP contribution in [-0.2, 0) is 9.53 Å². The number of ether oxygens (including phenoxy) is 2. The van der Waals surface area contributed by atoms with Crippen molar-refractivity contribution >= 4 is 50.1 Å². The molecule has 244 valence electrons. The molecule has 1 aromatic heterocycles. The van der Waals surface area contributed by atoms with Crippen LogP contribution in [0.2, 0.25) is 0 Å². The normalized spacial score (nSPS) is 23.6. The fourth-order valence-corrected chi connectivity index (χ4v) is 7.23. The summed E-state index contributed by atoms with van der Waals surface area (Å²) in [5.41, 5.74) is -0.826. The van der Waals surface area contributed by atoms with Crippen LogP contribution < -0.4 is 15.0 Å². The highest BCUT2D eigenvalue weighted by Gasteiger charge is 2.55. The Morgan fingerprint density at radius 1 is 1.04 bits per heavy atom. The molecule has 2 heterocycles. The number of anilines is 1. The Morgan fingerprint density at radius 3 is 2.35 bits per heavy atom. The summed E-state index contributed by atoms with van der Waals surface area (Å²) in [6, 6.07) is 11.5. The van der Waals surface area contributed by atoms with E-state index in [1.165, 1.54) is 11.0 Å². The third-order valence-corrected chi connectivity index (χ3v) is 9.51. The highest BCUT2D eigenvalue weighted by atomic mass is 79.9. The van der Waals surface area contributed by atoms with Crippen molar-refractivity contribution < 1.29 is 36.6 Å².